The number of nitrogens with one attached hydrogen (secondary N) is 2. The summed E-state index contributed by atoms with van der Waals surface area (Å²) >= 11 is 0. The van der Waals surface area contributed by atoms with Crippen LogP contribution < -0.4 is 15.4 Å². The van der Waals surface area contributed by atoms with Gasteiger partial charge in [0.2, 0.25) is 0 Å². The van der Waals surface area contributed by atoms with Crippen LogP contribution in [0, 0.1) is 0 Å². The van der Waals surface area contributed by atoms with Crippen molar-refractivity contribution in [2.45, 2.75) is 38.3 Å². The average molecular weight is 527 g/mol. The Morgan fingerprint density at radius 2 is 1.93 bits per heavy atom. The molecule has 1 aromatic heterocycles. The zero-order valence-electron chi connectivity index (χ0n) is 18.0. The van der Waals surface area contributed by atoms with Gasteiger partial charge in [-0.15, -0.1) is 34.2 Å². The summed E-state index contributed by atoms with van der Waals surface area (Å²) in [7, 11) is 3.54. The number of aryl methyl sites for hydroxylation is 1. The van der Waals surface area contributed by atoms with Crippen LogP contribution in [0.1, 0.15) is 37.3 Å². The minimum absolute atomic E-state index is 0. The molecule has 0 spiro atoms. The number of methoxy groups -OCH3 is 1. The molecule has 1 aromatic carbocycles. The predicted molar refractivity (Wildman–Crippen MR) is 131 cm³/mol. The third kappa shape index (κ3) is 7.42. The fourth-order valence-electron chi connectivity index (χ4n) is 3.74. The van der Waals surface area contributed by atoms with Crippen molar-refractivity contribution in [3.05, 3.63) is 42.5 Å². The van der Waals surface area contributed by atoms with E-state index in [9.17, 15) is 0 Å². The van der Waals surface area contributed by atoms with Crippen LogP contribution in [0.5, 0.6) is 5.75 Å². The van der Waals surface area contributed by atoms with Gasteiger partial charge in [0.05, 0.1) is 13.2 Å². The molecule has 0 aliphatic carbocycles. The first-order valence-electron chi connectivity index (χ1n) is 10.4. The second kappa shape index (κ2) is 13.4. The monoisotopic (exact) mass is 527 g/mol. The van der Waals surface area contributed by atoms with Crippen LogP contribution in [-0.2, 0) is 6.54 Å². The molecule has 0 saturated carbocycles. The van der Waals surface area contributed by atoms with Gasteiger partial charge in [-0.25, -0.2) is 0 Å². The lowest BCUT2D eigenvalue weighted by atomic mass is 10.1. The molecule has 0 amide bonds. The molecule has 3 rings (SSSR count). The fourth-order valence-corrected chi connectivity index (χ4v) is 3.74. The van der Waals surface area contributed by atoms with Gasteiger partial charge in [0.15, 0.2) is 5.96 Å². The lowest BCUT2D eigenvalue weighted by Crippen LogP contribution is -2.43. The van der Waals surface area contributed by atoms with E-state index in [1.54, 1.807) is 19.8 Å². The van der Waals surface area contributed by atoms with Crippen molar-refractivity contribution < 1.29 is 4.74 Å². The zero-order valence-corrected chi connectivity index (χ0v) is 20.3. The quantitative estimate of drug-likeness (QED) is 0.214. The molecule has 1 saturated heterocycles. The van der Waals surface area contributed by atoms with Gasteiger partial charge in [0.25, 0.3) is 0 Å². The van der Waals surface area contributed by atoms with Crippen molar-refractivity contribution in [2.24, 2.45) is 4.99 Å². The Labute approximate surface area is 196 Å². The largest absolute Gasteiger partial charge is 0.497 e. The van der Waals surface area contributed by atoms with E-state index < -0.39 is 0 Å². The molecule has 1 unspecified atom stereocenters. The molecule has 2 N–H and O–H groups in total. The van der Waals surface area contributed by atoms with E-state index in [1.165, 1.54) is 18.4 Å². The van der Waals surface area contributed by atoms with Gasteiger partial charge in [0.1, 0.15) is 18.4 Å². The lowest BCUT2D eigenvalue weighted by Gasteiger charge is -2.29. The number of aliphatic imine (C=N–C) groups is 1. The Bertz CT molecular complexity index is 748. The molecule has 1 fully saturated rings. The molecule has 30 heavy (non-hydrogen) atoms. The van der Waals surface area contributed by atoms with E-state index in [4.69, 9.17) is 4.74 Å². The Hall–Kier alpha value is -1.88. The summed E-state index contributed by atoms with van der Waals surface area (Å²) in [5, 5.41) is 14.6. The van der Waals surface area contributed by atoms with Gasteiger partial charge >= 0.3 is 0 Å². The lowest BCUT2D eigenvalue weighted by molar-refractivity contribution is 0.245. The minimum atomic E-state index is 0. The maximum atomic E-state index is 5.43. The zero-order chi connectivity index (χ0) is 20.3. The molecule has 2 heterocycles. The standard InChI is InChI=1S/C21H33N7O.HI/c1-22-21(23-10-3-4-11-27-16-25-26-17-27)24-15-20(28-12-5-6-13-28)18-8-7-9-19(14-18)29-2;/h7-9,14,16-17,20H,3-6,10-13,15H2,1-2H3,(H2,22,23,24);1H. The van der Waals surface area contributed by atoms with E-state index in [0.29, 0.717) is 6.04 Å². The number of nitrogens with zero attached hydrogens (tertiary/aromatic N) is 5. The highest BCUT2D eigenvalue weighted by Gasteiger charge is 2.24. The number of hydrogen-bond donors (Lipinski definition) is 2. The van der Waals surface area contributed by atoms with Crippen molar-refractivity contribution in [1.29, 1.82) is 0 Å². The smallest absolute Gasteiger partial charge is 0.191 e. The fraction of sp³-hybridized carbons (Fsp3) is 0.571. The number of unbranched alkanes of at least 4 members (excludes halogenated alkanes) is 1. The number of hydrogen-bond acceptors (Lipinski definition) is 5. The average Bonchev–Trinajstić information content (AvgIpc) is 3.47. The molecule has 1 atom stereocenters. The van der Waals surface area contributed by atoms with Gasteiger partial charge in [-0.1, -0.05) is 12.1 Å². The van der Waals surface area contributed by atoms with Crippen LogP contribution in [0.2, 0.25) is 0 Å². The van der Waals surface area contributed by atoms with Crippen molar-refractivity contribution in [3.8, 4) is 5.75 Å². The molecule has 166 valence electrons. The van der Waals surface area contributed by atoms with E-state index >= 15 is 0 Å². The van der Waals surface area contributed by atoms with Crippen molar-refractivity contribution in [1.82, 2.24) is 30.3 Å². The van der Waals surface area contributed by atoms with Gasteiger partial charge in [-0.2, -0.15) is 0 Å². The van der Waals surface area contributed by atoms with E-state index in [2.05, 4.69) is 48.9 Å². The van der Waals surface area contributed by atoms with Crippen LogP contribution in [0.15, 0.2) is 41.9 Å². The summed E-state index contributed by atoms with van der Waals surface area (Å²) in [6, 6.07) is 8.71. The maximum absolute atomic E-state index is 5.43. The van der Waals surface area contributed by atoms with E-state index in [1.807, 2.05) is 17.7 Å². The number of ether oxygens (including phenoxy) is 1. The number of rotatable bonds is 10. The Morgan fingerprint density at radius 3 is 2.63 bits per heavy atom. The number of halogens is 1. The Kier molecular flexibility index (Phi) is 10.9. The van der Waals surface area contributed by atoms with Crippen molar-refractivity contribution in [2.75, 3.05) is 40.3 Å². The Balaban J connectivity index is 0.00000320. The van der Waals surface area contributed by atoms with Gasteiger partial charge in [-0.05, 0) is 56.5 Å². The maximum Gasteiger partial charge on any atom is 0.191 e. The molecule has 0 radical (unpaired) electrons. The highest BCUT2D eigenvalue weighted by molar-refractivity contribution is 14.0. The number of likely N-dealkylation sites (tertiary alicyclic amines) is 1. The number of aromatic nitrogens is 3. The van der Waals surface area contributed by atoms with Crippen LogP contribution in [0.3, 0.4) is 0 Å². The summed E-state index contributed by atoms with van der Waals surface area (Å²) in [4.78, 5) is 6.94. The van der Waals surface area contributed by atoms with Crippen molar-refractivity contribution >= 4 is 29.9 Å². The first-order chi connectivity index (χ1) is 14.3. The highest BCUT2D eigenvalue weighted by atomic mass is 127. The first kappa shape index (κ1) is 24.4. The second-order valence-electron chi connectivity index (χ2n) is 7.32. The molecule has 1 aliphatic rings. The summed E-state index contributed by atoms with van der Waals surface area (Å²) < 4.78 is 7.43. The first-order valence-corrected chi connectivity index (χ1v) is 10.4. The van der Waals surface area contributed by atoms with Gasteiger partial charge < -0.3 is 19.9 Å². The van der Waals surface area contributed by atoms with E-state index in [0.717, 1.165) is 57.3 Å². The van der Waals surface area contributed by atoms with Crippen LogP contribution >= 0.6 is 24.0 Å². The molecule has 1 aliphatic heterocycles. The summed E-state index contributed by atoms with van der Waals surface area (Å²) in [6.45, 7) is 4.91. The SMILES string of the molecule is CN=C(NCCCCn1cnnc1)NCC(c1cccc(OC)c1)N1CCCC1.I. The van der Waals surface area contributed by atoms with Gasteiger partial charge in [0, 0.05) is 26.7 Å². The highest BCUT2D eigenvalue weighted by Crippen LogP contribution is 2.27. The topological polar surface area (TPSA) is 79.6 Å². The molecular formula is C21H34IN7O. The third-order valence-corrected chi connectivity index (χ3v) is 5.35. The van der Waals surface area contributed by atoms with Crippen LogP contribution in [0.25, 0.3) is 0 Å². The molecule has 0 bridgehead atoms. The molecule has 8 nitrogen and oxygen atoms in total. The van der Waals surface area contributed by atoms with Gasteiger partial charge in [-0.3, -0.25) is 9.89 Å². The minimum Gasteiger partial charge on any atom is -0.497 e. The van der Waals surface area contributed by atoms with E-state index in [-0.39, 0.29) is 24.0 Å². The van der Waals surface area contributed by atoms with Crippen LogP contribution in [0.4, 0.5) is 0 Å². The van der Waals surface area contributed by atoms with Crippen LogP contribution in [-0.4, -0.2) is 66.0 Å². The molecule has 9 heteroatoms. The normalized spacial score (nSPS) is 15.5. The summed E-state index contributed by atoms with van der Waals surface area (Å²) in [5.41, 5.74) is 1.28. The number of benzene rings is 1. The Morgan fingerprint density at radius 1 is 1.17 bits per heavy atom. The second-order valence-corrected chi connectivity index (χ2v) is 7.32. The van der Waals surface area contributed by atoms with Crippen molar-refractivity contribution in [3.63, 3.8) is 0 Å². The summed E-state index contributed by atoms with van der Waals surface area (Å²) in [5.74, 6) is 1.75. The number of guanidine groups is 1. The molecular weight excluding hydrogens is 493 g/mol. The molecule has 2 aromatic rings. The predicted octanol–water partition coefficient (Wildman–Crippen LogP) is 2.69. The summed E-state index contributed by atoms with van der Waals surface area (Å²) in [6.07, 6.45) is 8.17. The third-order valence-electron chi connectivity index (χ3n) is 5.35.